The van der Waals surface area contributed by atoms with Gasteiger partial charge >= 0.3 is 0 Å². The van der Waals surface area contributed by atoms with Gasteiger partial charge in [-0.2, -0.15) is 0 Å². The molecule has 1 fully saturated rings. The molecule has 1 heterocycles. The molecule has 7 N–H and O–H groups in total. The summed E-state index contributed by atoms with van der Waals surface area (Å²) in [6, 6.07) is -1.03. The molecule has 0 aliphatic carbocycles. The van der Waals surface area contributed by atoms with Gasteiger partial charge in [0.25, 0.3) is 5.91 Å². The van der Waals surface area contributed by atoms with Crippen LogP contribution in [0, 0.1) is 0 Å². The van der Waals surface area contributed by atoms with Gasteiger partial charge in [-0.3, -0.25) is 4.79 Å². The number of allylic oxidation sites excluding steroid dienone is 4. The van der Waals surface area contributed by atoms with E-state index in [2.05, 4.69) is 32.2 Å². The maximum Gasteiger partial charge on any atom is 0.253 e. The summed E-state index contributed by atoms with van der Waals surface area (Å²) in [6.07, 6.45) is 23.5. The van der Waals surface area contributed by atoms with Gasteiger partial charge in [-0.05, 0) is 45.4 Å². The first kappa shape index (κ1) is 47.4. The lowest BCUT2D eigenvalue weighted by molar-refractivity contribution is -0.302. The Hall–Kier alpha value is -1.63. The Morgan fingerprint density at radius 1 is 0.725 bits per heavy atom. The molecule has 0 aromatic heterocycles. The van der Waals surface area contributed by atoms with E-state index >= 15 is 0 Å². The molecule has 0 bridgehead atoms. The highest BCUT2D eigenvalue weighted by atomic mass is 16.7. The number of aliphatic hydroxyl groups is 6. The van der Waals surface area contributed by atoms with Crippen molar-refractivity contribution >= 4 is 5.91 Å². The van der Waals surface area contributed by atoms with E-state index in [-0.39, 0.29) is 6.61 Å². The molecule has 51 heavy (non-hydrogen) atoms. The average Bonchev–Trinajstić information content (AvgIpc) is 3.12. The fraction of sp³-hybridized carbons (Fsp3) is 0.829. The summed E-state index contributed by atoms with van der Waals surface area (Å²) in [6.45, 7) is 5.65. The predicted molar refractivity (Wildman–Crippen MR) is 204 cm³/mol. The van der Waals surface area contributed by atoms with E-state index in [0.717, 1.165) is 32.1 Å². The summed E-state index contributed by atoms with van der Waals surface area (Å²) in [4.78, 5) is 12.9. The molecule has 0 radical (unpaired) electrons. The predicted octanol–water partition coefficient (Wildman–Crippen LogP) is 6.30. The van der Waals surface area contributed by atoms with Crippen molar-refractivity contribution < 1.29 is 44.9 Å². The first-order valence-electron chi connectivity index (χ1n) is 20.2. The molecule has 1 unspecified atom stereocenters. The van der Waals surface area contributed by atoms with E-state index in [4.69, 9.17) is 9.47 Å². The third kappa shape index (κ3) is 22.2. The van der Waals surface area contributed by atoms with Gasteiger partial charge in [-0.15, -0.1) is 0 Å². The SMILES string of the molecule is CCCCCCCCCCCC/C=C/C(O)C(=O)N[C@@H](CO[C@@H]1O[C@H](CO)[C@@H](O)[C@H](O)[C@H]1O)[C@H](O)/C=C/CC/C=C(\C)CCCCCCCCC. The lowest BCUT2D eigenvalue weighted by Gasteiger charge is -2.40. The number of unbranched alkanes of at least 4 members (excludes halogenated alkanes) is 17. The molecule has 8 atom stereocenters. The second-order valence-electron chi connectivity index (χ2n) is 14.4. The van der Waals surface area contributed by atoms with Crippen LogP contribution in [0.15, 0.2) is 36.0 Å². The van der Waals surface area contributed by atoms with Gasteiger partial charge in [0.05, 0.1) is 25.4 Å². The van der Waals surface area contributed by atoms with Gasteiger partial charge in [-0.1, -0.05) is 146 Å². The van der Waals surface area contributed by atoms with Crippen LogP contribution in [0.5, 0.6) is 0 Å². The van der Waals surface area contributed by atoms with E-state index < -0.39 is 61.5 Å². The minimum atomic E-state index is -1.62. The summed E-state index contributed by atoms with van der Waals surface area (Å²) in [5.41, 5.74) is 1.35. The van der Waals surface area contributed by atoms with Crippen LogP contribution in [0.4, 0.5) is 0 Å². The van der Waals surface area contributed by atoms with Gasteiger partial charge in [0.15, 0.2) is 12.4 Å². The van der Waals surface area contributed by atoms with Crippen molar-refractivity contribution in [2.75, 3.05) is 13.2 Å². The van der Waals surface area contributed by atoms with E-state index in [1.165, 1.54) is 108 Å². The van der Waals surface area contributed by atoms with Crippen LogP contribution in [0.3, 0.4) is 0 Å². The smallest absolute Gasteiger partial charge is 0.253 e. The highest BCUT2D eigenvalue weighted by molar-refractivity contribution is 5.82. The molecule has 10 heteroatoms. The minimum Gasteiger partial charge on any atom is -0.394 e. The lowest BCUT2D eigenvalue weighted by atomic mass is 9.99. The van der Waals surface area contributed by atoms with E-state index in [1.807, 2.05) is 6.08 Å². The standard InChI is InChI=1S/C41H75NO9/c1-4-6-8-10-12-13-14-15-16-18-20-24-29-35(45)40(49)42-33(31-50-41-39(48)38(47)37(46)36(30-43)51-41)34(44)28-25-21-23-27-32(3)26-22-19-17-11-9-7-5-2/h24-25,27-29,33-39,41,43-48H,4-23,26,30-31H2,1-3H3,(H,42,49)/b28-25+,29-24+,32-27+/t33-,34+,35?,36+,37+,38-,39+,41+/m0/s1. The van der Waals surface area contributed by atoms with Gasteiger partial charge in [0.1, 0.15) is 24.4 Å². The van der Waals surface area contributed by atoms with Crippen LogP contribution in [-0.2, 0) is 14.3 Å². The van der Waals surface area contributed by atoms with Crippen molar-refractivity contribution in [1.29, 1.82) is 0 Å². The second-order valence-corrected chi connectivity index (χ2v) is 14.4. The highest BCUT2D eigenvalue weighted by Gasteiger charge is 2.44. The van der Waals surface area contributed by atoms with Crippen LogP contribution in [-0.4, -0.2) is 98.7 Å². The second kappa shape index (κ2) is 30.8. The molecular formula is C41H75NO9. The van der Waals surface area contributed by atoms with Crippen LogP contribution in [0.25, 0.3) is 0 Å². The third-order valence-corrected chi connectivity index (χ3v) is 9.67. The van der Waals surface area contributed by atoms with Crippen molar-refractivity contribution in [2.45, 2.75) is 205 Å². The Bertz CT molecular complexity index is 940. The van der Waals surface area contributed by atoms with Gasteiger partial charge < -0.3 is 45.4 Å². The number of nitrogens with one attached hydrogen (secondary N) is 1. The molecule has 1 aliphatic heterocycles. The van der Waals surface area contributed by atoms with Gasteiger partial charge in [0, 0.05) is 0 Å². The zero-order valence-electron chi connectivity index (χ0n) is 32.2. The number of amides is 1. The molecule has 10 nitrogen and oxygen atoms in total. The maximum atomic E-state index is 12.9. The summed E-state index contributed by atoms with van der Waals surface area (Å²) in [5.74, 6) is -0.715. The molecule has 0 aromatic carbocycles. The first-order chi connectivity index (χ1) is 24.7. The molecule has 0 aromatic rings. The zero-order valence-corrected chi connectivity index (χ0v) is 32.2. The number of aliphatic hydroxyl groups excluding tert-OH is 6. The van der Waals surface area contributed by atoms with Crippen molar-refractivity contribution in [3.05, 3.63) is 36.0 Å². The number of ether oxygens (including phenoxy) is 2. The molecule has 1 aliphatic rings. The molecule has 0 spiro atoms. The Kier molecular flexibility index (Phi) is 28.6. The molecule has 1 rings (SSSR count). The Balaban J connectivity index is 2.63. The summed E-state index contributed by atoms with van der Waals surface area (Å²) < 4.78 is 11.1. The Morgan fingerprint density at radius 2 is 1.27 bits per heavy atom. The highest BCUT2D eigenvalue weighted by Crippen LogP contribution is 2.22. The van der Waals surface area contributed by atoms with Crippen LogP contribution in [0.1, 0.15) is 156 Å². The van der Waals surface area contributed by atoms with Crippen LogP contribution >= 0.6 is 0 Å². The zero-order chi connectivity index (χ0) is 37.7. The molecule has 0 saturated carbocycles. The van der Waals surface area contributed by atoms with E-state index in [0.29, 0.717) is 6.42 Å². The van der Waals surface area contributed by atoms with Crippen molar-refractivity contribution in [1.82, 2.24) is 5.32 Å². The van der Waals surface area contributed by atoms with Gasteiger partial charge in [0.2, 0.25) is 0 Å². The Labute approximate surface area is 309 Å². The van der Waals surface area contributed by atoms with Gasteiger partial charge in [-0.25, -0.2) is 0 Å². The minimum absolute atomic E-state index is 0.341. The summed E-state index contributed by atoms with van der Waals surface area (Å²) in [7, 11) is 0. The fourth-order valence-corrected chi connectivity index (χ4v) is 6.22. The van der Waals surface area contributed by atoms with E-state index in [9.17, 15) is 35.4 Å². The monoisotopic (exact) mass is 726 g/mol. The summed E-state index contributed by atoms with van der Waals surface area (Å²) in [5, 5.41) is 64.3. The molecule has 298 valence electrons. The van der Waals surface area contributed by atoms with Crippen LogP contribution < -0.4 is 5.32 Å². The summed E-state index contributed by atoms with van der Waals surface area (Å²) >= 11 is 0. The molecule has 1 amide bonds. The number of carbonyl (C=O) groups is 1. The van der Waals surface area contributed by atoms with Crippen molar-refractivity contribution in [3.8, 4) is 0 Å². The number of rotatable bonds is 31. The molecular weight excluding hydrogens is 650 g/mol. The largest absolute Gasteiger partial charge is 0.394 e. The Morgan fingerprint density at radius 3 is 1.86 bits per heavy atom. The van der Waals surface area contributed by atoms with Crippen molar-refractivity contribution in [3.63, 3.8) is 0 Å². The number of hydrogen-bond donors (Lipinski definition) is 7. The third-order valence-electron chi connectivity index (χ3n) is 9.67. The first-order valence-corrected chi connectivity index (χ1v) is 20.2. The topological polar surface area (TPSA) is 169 Å². The maximum absolute atomic E-state index is 12.9. The normalized spacial score (nSPS) is 23.2. The molecule has 1 saturated heterocycles. The van der Waals surface area contributed by atoms with Crippen LogP contribution in [0.2, 0.25) is 0 Å². The van der Waals surface area contributed by atoms with E-state index in [1.54, 1.807) is 12.2 Å². The quantitative estimate of drug-likeness (QED) is 0.0320. The fourth-order valence-electron chi connectivity index (χ4n) is 6.22. The van der Waals surface area contributed by atoms with Crippen molar-refractivity contribution in [2.24, 2.45) is 0 Å². The average molecular weight is 726 g/mol. The lowest BCUT2D eigenvalue weighted by Crippen LogP contribution is -2.60. The number of hydrogen-bond acceptors (Lipinski definition) is 9. The number of carbonyl (C=O) groups excluding carboxylic acids is 1.